The van der Waals surface area contributed by atoms with Gasteiger partial charge in [0.2, 0.25) is 5.91 Å². The Bertz CT molecular complexity index is 755. The number of fused-ring (bicyclic) bond motifs is 1. The summed E-state index contributed by atoms with van der Waals surface area (Å²) in [5.74, 6) is 0.641. The van der Waals surface area contributed by atoms with Gasteiger partial charge in [-0.15, -0.1) is 11.3 Å². The molecule has 0 bridgehead atoms. The van der Waals surface area contributed by atoms with Crippen LogP contribution in [-0.2, 0) is 11.3 Å². The minimum absolute atomic E-state index is 0.0280. The van der Waals surface area contributed by atoms with E-state index in [1.54, 1.807) is 6.92 Å². The number of hydrogen-bond donors (Lipinski definition) is 0. The fourth-order valence-electron chi connectivity index (χ4n) is 2.98. The Hall–Kier alpha value is -1.69. The molecule has 1 aliphatic heterocycles. The summed E-state index contributed by atoms with van der Waals surface area (Å²) >= 11 is 1.52. The van der Waals surface area contributed by atoms with Gasteiger partial charge in [0.05, 0.1) is 5.39 Å². The fraction of sp³-hybridized carbons (Fsp3) is 0.562. The summed E-state index contributed by atoms with van der Waals surface area (Å²) in [5.41, 5.74) is -0.102. The molecule has 0 atom stereocenters. The van der Waals surface area contributed by atoms with Gasteiger partial charge in [-0.1, -0.05) is 12.8 Å². The zero-order valence-electron chi connectivity index (χ0n) is 13.1. The molecular formula is C16H21N3O2S. The summed E-state index contributed by atoms with van der Waals surface area (Å²) in [5, 5.41) is 0.622. The third-order valence-electron chi connectivity index (χ3n) is 4.22. The Morgan fingerprint density at radius 2 is 1.91 bits per heavy atom. The van der Waals surface area contributed by atoms with E-state index < -0.39 is 0 Å². The van der Waals surface area contributed by atoms with E-state index in [-0.39, 0.29) is 18.0 Å². The molecule has 0 radical (unpaired) electrons. The van der Waals surface area contributed by atoms with Gasteiger partial charge >= 0.3 is 0 Å². The SMILES string of the molecule is Cc1cc2c(=O)n(CC(=O)N3CCCCCC3)c(C)nc2s1. The first-order chi connectivity index (χ1) is 10.6. The van der Waals surface area contributed by atoms with Crippen molar-refractivity contribution in [2.45, 2.75) is 46.1 Å². The van der Waals surface area contributed by atoms with E-state index in [9.17, 15) is 9.59 Å². The maximum Gasteiger partial charge on any atom is 0.262 e. The summed E-state index contributed by atoms with van der Waals surface area (Å²) in [7, 11) is 0. The molecule has 1 saturated heterocycles. The van der Waals surface area contributed by atoms with Crippen LogP contribution in [0.4, 0.5) is 0 Å². The van der Waals surface area contributed by atoms with Crippen molar-refractivity contribution in [3.63, 3.8) is 0 Å². The topological polar surface area (TPSA) is 55.2 Å². The highest BCUT2D eigenvalue weighted by Gasteiger charge is 2.18. The normalized spacial score (nSPS) is 16.0. The number of aryl methyl sites for hydroxylation is 2. The second-order valence-electron chi connectivity index (χ2n) is 5.92. The molecule has 1 aliphatic rings. The molecule has 2 aromatic rings. The van der Waals surface area contributed by atoms with Gasteiger partial charge in [0.15, 0.2) is 0 Å². The Morgan fingerprint density at radius 3 is 2.59 bits per heavy atom. The second-order valence-corrected chi connectivity index (χ2v) is 7.16. The lowest BCUT2D eigenvalue weighted by Crippen LogP contribution is -2.38. The Labute approximate surface area is 133 Å². The first-order valence-electron chi connectivity index (χ1n) is 7.81. The Morgan fingerprint density at radius 1 is 1.23 bits per heavy atom. The number of thiophene rings is 1. The van der Waals surface area contributed by atoms with Crippen molar-refractivity contribution in [2.24, 2.45) is 0 Å². The van der Waals surface area contributed by atoms with Crippen LogP contribution in [0.2, 0.25) is 0 Å². The van der Waals surface area contributed by atoms with Crippen molar-refractivity contribution >= 4 is 27.5 Å². The fourth-order valence-corrected chi connectivity index (χ4v) is 3.90. The minimum atomic E-state index is -0.102. The van der Waals surface area contributed by atoms with Crippen LogP contribution in [-0.4, -0.2) is 33.4 Å². The number of carbonyl (C=O) groups is 1. The van der Waals surface area contributed by atoms with Crippen molar-refractivity contribution in [3.05, 3.63) is 27.1 Å². The molecule has 0 aliphatic carbocycles. The highest BCUT2D eigenvalue weighted by Crippen LogP contribution is 2.20. The number of rotatable bonds is 2. The van der Waals surface area contributed by atoms with Gasteiger partial charge < -0.3 is 4.90 Å². The molecule has 3 rings (SSSR count). The molecule has 6 heteroatoms. The quantitative estimate of drug-likeness (QED) is 0.854. The van der Waals surface area contributed by atoms with Crippen LogP contribution >= 0.6 is 11.3 Å². The smallest absolute Gasteiger partial charge is 0.262 e. The van der Waals surface area contributed by atoms with Gasteiger partial charge in [-0.25, -0.2) is 4.98 Å². The van der Waals surface area contributed by atoms with Crippen LogP contribution < -0.4 is 5.56 Å². The van der Waals surface area contributed by atoms with E-state index in [0.29, 0.717) is 11.2 Å². The minimum Gasteiger partial charge on any atom is -0.341 e. The maximum atomic E-state index is 12.6. The number of nitrogens with zero attached hydrogens (tertiary/aromatic N) is 3. The van der Waals surface area contributed by atoms with Crippen molar-refractivity contribution < 1.29 is 4.79 Å². The van der Waals surface area contributed by atoms with E-state index in [0.717, 1.165) is 35.6 Å². The monoisotopic (exact) mass is 319 g/mol. The highest BCUT2D eigenvalue weighted by molar-refractivity contribution is 7.18. The van der Waals surface area contributed by atoms with Crippen LogP contribution in [0.3, 0.4) is 0 Å². The predicted octanol–water partition coefficient (Wildman–Crippen LogP) is 2.48. The lowest BCUT2D eigenvalue weighted by molar-refractivity contribution is -0.131. The summed E-state index contributed by atoms with van der Waals surface area (Å²) in [6.07, 6.45) is 4.48. The molecule has 1 amide bonds. The Balaban J connectivity index is 1.89. The number of hydrogen-bond acceptors (Lipinski definition) is 4. The van der Waals surface area contributed by atoms with Crippen molar-refractivity contribution in [1.29, 1.82) is 0 Å². The van der Waals surface area contributed by atoms with E-state index in [1.165, 1.54) is 28.7 Å². The van der Waals surface area contributed by atoms with Gasteiger partial charge in [-0.05, 0) is 32.8 Å². The van der Waals surface area contributed by atoms with Gasteiger partial charge in [0.1, 0.15) is 17.2 Å². The lowest BCUT2D eigenvalue weighted by atomic mass is 10.2. The van der Waals surface area contributed by atoms with E-state index >= 15 is 0 Å². The molecular weight excluding hydrogens is 298 g/mol. The third-order valence-corrected chi connectivity index (χ3v) is 5.16. The average molecular weight is 319 g/mol. The second kappa shape index (κ2) is 6.20. The number of aromatic nitrogens is 2. The van der Waals surface area contributed by atoms with Crippen LogP contribution in [0.15, 0.2) is 10.9 Å². The lowest BCUT2D eigenvalue weighted by Gasteiger charge is -2.21. The number of likely N-dealkylation sites (tertiary alicyclic amines) is 1. The van der Waals surface area contributed by atoms with Crippen LogP contribution in [0.25, 0.3) is 10.2 Å². The molecule has 118 valence electrons. The molecule has 0 unspecified atom stereocenters. The van der Waals surface area contributed by atoms with E-state index in [4.69, 9.17) is 0 Å². The van der Waals surface area contributed by atoms with E-state index in [2.05, 4.69) is 4.98 Å². The van der Waals surface area contributed by atoms with Crippen molar-refractivity contribution in [3.8, 4) is 0 Å². The predicted molar refractivity (Wildman–Crippen MR) is 88.4 cm³/mol. The molecule has 2 aromatic heterocycles. The molecule has 0 spiro atoms. The summed E-state index contributed by atoms with van der Waals surface area (Å²) < 4.78 is 1.52. The van der Waals surface area contributed by atoms with Crippen molar-refractivity contribution in [1.82, 2.24) is 14.5 Å². The molecule has 1 fully saturated rings. The third kappa shape index (κ3) is 2.92. The zero-order valence-corrected chi connectivity index (χ0v) is 13.9. The van der Waals surface area contributed by atoms with E-state index in [1.807, 2.05) is 17.9 Å². The standard InChI is InChI=1S/C16H21N3O2S/c1-11-9-13-15(22-11)17-12(2)19(16(13)21)10-14(20)18-7-5-3-4-6-8-18/h9H,3-8,10H2,1-2H3. The number of amides is 1. The molecule has 0 N–H and O–H groups in total. The summed E-state index contributed by atoms with van der Waals surface area (Å²) in [6.45, 7) is 5.47. The Kier molecular flexibility index (Phi) is 4.29. The zero-order chi connectivity index (χ0) is 15.7. The first-order valence-corrected chi connectivity index (χ1v) is 8.63. The first kappa shape index (κ1) is 15.2. The molecule has 0 saturated carbocycles. The van der Waals surface area contributed by atoms with Crippen LogP contribution in [0.1, 0.15) is 36.4 Å². The molecule has 22 heavy (non-hydrogen) atoms. The van der Waals surface area contributed by atoms with Crippen molar-refractivity contribution in [2.75, 3.05) is 13.1 Å². The summed E-state index contributed by atoms with van der Waals surface area (Å²) in [4.78, 5) is 33.3. The van der Waals surface area contributed by atoms with Gasteiger partial charge in [0, 0.05) is 18.0 Å². The highest BCUT2D eigenvalue weighted by atomic mass is 32.1. The van der Waals surface area contributed by atoms with Crippen LogP contribution in [0.5, 0.6) is 0 Å². The largest absolute Gasteiger partial charge is 0.341 e. The summed E-state index contributed by atoms with van der Waals surface area (Å²) in [6, 6.07) is 1.86. The average Bonchev–Trinajstić information content (AvgIpc) is 2.70. The van der Waals surface area contributed by atoms with Gasteiger partial charge in [-0.3, -0.25) is 14.2 Å². The van der Waals surface area contributed by atoms with Crippen LogP contribution in [0, 0.1) is 13.8 Å². The van der Waals surface area contributed by atoms with Gasteiger partial charge in [0.25, 0.3) is 5.56 Å². The maximum absolute atomic E-state index is 12.6. The molecule has 0 aromatic carbocycles. The molecule has 3 heterocycles. The molecule has 5 nitrogen and oxygen atoms in total. The van der Waals surface area contributed by atoms with Gasteiger partial charge in [-0.2, -0.15) is 0 Å². The number of carbonyl (C=O) groups excluding carboxylic acids is 1.